The van der Waals surface area contributed by atoms with Crippen molar-refractivity contribution >= 4 is 0 Å². The number of aliphatic hydroxyl groups is 1. The van der Waals surface area contributed by atoms with Gasteiger partial charge in [-0.2, -0.15) is 0 Å². The van der Waals surface area contributed by atoms with E-state index in [4.69, 9.17) is 4.74 Å². The molecule has 2 nitrogen and oxygen atoms in total. The van der Waals surface area contributed by atoms with E-state index < -0.39 is 17.7 Å². The first-order chi connectivity index (χ1) is 9.61. The van der Waals surface area contributed by atoms with Crippen molar-refractivity contribution in [1.29, 1.82) is 0 Å². The Morgan fingerprint density at radius 2 is 1.90 bits per heavy atom. The second-order valence-corrected chi connectivity index (χ2v) is 4.49. The van der Waals surface area contributed by atoms with Crippen molar-refractivity contribution in [1.82, 2.24) is 0 Å². The van der Waals surface area contributed by atoms with Crippen LogP contribution in [-0.2, 0) is 6.61 Å². The third-order valence-corrected chi connectivity index (χ3v) is 3.06. The first-order valence-electron chi connectivity index (χ1n) is 6.45. The first kappa shape index (κ1) is 14.5. The van der Waals surface area contributed by atoms with Gasteiger partial charge in [-0.3, -0.25) is 0 Å². The van der Waals surface area contributed by atoms with E-state index in [1.54, 1.807) is 24.3 Å². The summed E-state index contributed by atoms with van der Waals surface area (Å²) in [6.45, 7) is 1.85. The molecule has 0 unspecified atom stereocenters. The zero-order valence-electron chi connectivity index (χ0n) is 11.1. The molecular formula is C16H16F2O2. The molecule has 2 aromatic carbocycles. The van der Waals surface area contributed by atoms with Gasteiger partial charge in [-0.1, -0.05) is 25.1 Å². The van der Waals surface area contributed by atoms with Crippen molar-refractivity contribution in [3.63, 3.8) is 0 Å². The molecule has 20 heavy (non-hydrogen) atoms. The fourth-order valence-corrected chi connectivity index (χ4v) is 1.90. The third kappa shape index (κ3) is 3.33. The van der Waals surface area contributed by atoms with Crippen LogP contribution < -0.4 is 4.74 Å². The van der Waals surface area contributed by atoms with Crippen LogP contribution in [0.5, 0.6) is 5.75 Å². The third-order valence-electron chi connectivity index (χ3n) is 3.06. The van der Waals surface area contributed by atoms with E-state index in [0.29, 0.717) is 17.7 Å². The monoisotopic (exact) mass is 278 g/mol. The number of hydrogen-bond donors (Lipinski definition) is 1. The predicted octanol–water partition coefficient (Wildman–Crippen LogP) is 3.99. The van der Waals surface area contributed by atoms with Crippen molar-refractivity contribution in [2.45, 2.75) is 26.1 Å². The Hall–Kier alpha value is -1.94. The van der Waals surface area contributed by atoms with Gasteiger partial charge in [0.1, 0.15) is 24.0 Å². The van der Waals surface area contributed by atoms with Crippen LogP contribution in [0.1, 0.15) is 30.6 Å². The van der Waals surface area contributed by atoms with Crippen LogP contribution in [0.15, 0.2) is 42.5 Å². The Morgan fingerprint density at radius 3 is 2.60 bits per heavy atom. The molecule has 0 aliphatic carbocycles. The zero-order valence-corrected chi connectivity index (χ0v) is 11.1. The van der Waals surface area contributed by atoms with Crippen molar-refractivity contribution < 1.29 is 18.6 Å². The van der Waals surface area contributed by atoms with Gasteiger partial charge in [0.05, 0.1) is 6.10 Å². The van der Waals surface area contributed by atoms with Crippen LogP contribution in [0.25, 0.3) is 0 Å². The van der Waals surface area contributed by atoms with E-state index >= 15 is 0 Å². The fraction of sp³-hybridized carbons (Fsp3) is 0.250. The molecule has 4 heteroatoms. The molecule has 0 radical (unpaired) electrons. The number of benzene rings is 2. The number of halogens is 2. The quantitative estimate of drug-likeness (QED) is 0.896. The van der Waals surface area contributed by atoms with Crippen molar-refractivity contribution in [2.75, 3.05) is 0 Å². The Kier molecular flexibility index (Phi) is 4.69. The van der Waals surface area contributed by atoms with E-state index in [1.807, 2.05) is 6.92 Å². The number of para-hydroxylation sites is 1. The highest BCUT2D eigenvalue weighted by atomic mass is 19.1. The van der Waals surface area contributed by atoms with E-state index in [9.17, 15) is 13.9 Å². The molecule has 2 rings (SSSR count). The van der Waals surface area contributed by atoms with Crippen molar-refractivity contribution in [3.8, 4) is 5.75 Å². The highest BCUT2D eigenvalue weighted by Gasteiger charge is 2.12. The topological polar surface area (TPSA) is 29.5 Å². The highest BCUT2D eigenvalue weighted by Crippen LogP contribution is 2.27. The molecular weight excluding hydrogens is 262 g/mol. The van der Waals surface area contributed by atoms with Gasteiger partial charge in [0.25, 0.3) is 0 Å². The predicted molar refractivity (Wildman–Crippen MR) is 72.4 cm³/mol. The number of rotatable bonds is 5. The van der Waals surface area contributed by atoms with Crippen molar-refractivity contribution in [3.05, 3.63) is 65.2 Å². The van der Waals surface area contributed by atoms with Gasteiger partial charge in [0.2, 0.25) is 0 Å². The van der Waals surface area contributed by atoms with Crippen LogP contribution in [0.2, 0.25) is 0 Å². The lowest BCUT2D eigenvalue weighted by Gasteiger charge is -2.15. The molecule has 0 amide bonds. The average molecular weight is 278 g/mol. The standard InChI is InChI=1S/C16H16F2O2/c1-2-15(19)13-5-3-4-6-16(13)20-10-11-7-8-12(17)9-14(11)18/h3-9,15,19H,2,10H2,1H3/t15-/m1/s1. The molecule has 1 N–H and O–H groups in total. The summed E-state index contributed by atoms with van der Waals surface area (Å²) in [7, 11) is 0. The molecule has 0 fully saturated rings. The van der Waals surface area contributed by atoms with Crippen LogP contribution >= 0.6 is 0 Å². The average Bonchev–Trinajstić information content (AvgIpc) is 2.46. The normalized spacial score (nSPS) is 12.2. The van der Waals surface area contributed by atoms with Gasteiger partial charge >= 0.3 is 0 Å². The van der Waals surface area contributed by atoms with Gasteiger partial charge in [-0.15, -0.1) is 0 Å². The first-order valence-corrected chi connectivity index (χ1v) is 6.45. The molecule has 0 aliphatic rings. The van der Waals surface area contributed by atoms with E-state index in [-0.39, 0.29) is 12.2 Å². The number of hydrogen-bond acceptors (Lipinski definition) is 2. The minimum Gasteiger partial charge on any atom is -0.488 e. The lowest BCUT2D eigenvalue weighted by Crippen LogP contribution is -2.03. The summed E-state index contributed by atoms with van der Waals surface area (Å²) < 4.78 is 31.9. The minimum atomic E-state index is -0.640. The molecule has 0 bridgehead atoms. The SMILES string of the molecule is CC[C@@H](O)c1ccccc1OCc1ccc(F)cc1F. The molecule has 106 valence electrons. The van der Waals surface area contributed by atoms with Gasteiger partial charge in [-0.25, -0.2) is 8.78 Å². The Labute approximate surface area is 116 Å². The van der Waals surface area contributed by atoms with Crippen LogP contribution in [0.4, 0.5) is 8.78 Å². The van der Waals surface area contributed by atoms with Gasteiger partial charge in [-0.05, 0) is 24.6 Å². The molecule has 0 spiro atoms. The summed E-state index contributed by atoms with van der Waals surface area (Å²) >= 11 is 0. The van der Waals surface area contributed by atoms with E-state index in [1.165, 1.54) is 12.1 Å². The molecule has 0 aliphatic heterocycles. The summed E-state index contributed by atoms with van der Waals surface area (Å²) in [6.07, 6.45) is -0.0603. The molecule has 0 heterocycles. The van der Waals surface area contributed by atoms with Crippen LogP contribution in [0.3, 0.4) is 0 Å². The smallest absolute Gasteiger partial charge is 0.132 e. The highest BCUT2D eigenvalue weighted by molar-refractivity contribution is 5.35. The summed E-state index contributed by atoms with van der Waals surface area (Å²) in [6, 6.07) is 10.4. The maximum Gasteiger partial charge on any atom is 0.132 e. The molecule has 0 saturated carbocycles. The van der Waals surface area contributed by atoms with Crippen LogP contribution in [-0.4, -0.2) is 5.11 Å². The second-order valence-electron chi connectivity index (χ2n) is 4.49. The molecule has 2 aromatic rings. The summed E-state index contributed by atoms with van der Waals surface area (Å²) in [5.74, 6) is -0.753. The van der Waals surface area contributed by atoms with Gasteiger partial charge < -0.3 is 9.84 Å². The number of aliphatic hydroxyl groups excluding tert-OH is 1. The number of ether oxygens (including phenoxy) is 1. The fourth-order valence-electron chi connectivity index (χ4n) is 1.90. The molecule has 1 atom stereocenters. The van der Waals surface area contributed by atoms with E-state index in [0.717, 1.165) is 6.07 Å². The maximum atomic E-state index is 13.5. The van der Waals surface area contributed by atoms with Crippen LogP contribution in [0, 0.1) is 11.6 Å². The lowest BCUT2D eigenvalue weighted by atomic mass is 10.1. The van der Waals surface area contributed by atoms with Crippen molar-refractivity contribution in [2.24, 2.45) is 0 Å². The lowest BCUT2D eigenvalue weighted by molar-refractivity contribution is 0.166. The van der Waals surface area contributed by atoms with E-state index in [2.05, 4.69) is 0 Å². The zero-order chi connectivity index (χ0) is 14.5. The molecule has 0 aromatic heterocycles. The Balaban J connectivity index is 2.15. The minimum absolute atomic E-state index is 0.0143. The largest absolute Gasteiger partial charge is 0.488 e. The van der Waals surface area contributed by atoms with Gasteiger partial charge in [0, 0.05) is 17.2 Å². The van der Waals surface area contributed by atoms with Gasteiger partial charge in [0.15, 0.2) is 0 Å². The Morgan fingerprint density at radius 1 is 1.15 bits per heavy atom. The summed E-state index contributed by atoms with van der Waals surface area (Å²) in [5, 5.41) is 9.89. The Bertz CT molecular complexity index is 584. The summed E-state index contributed by atoms with van der Waals surface area (Å²) in [5.41, 5.74) is 0.935. The maximum absolute atomic E-state index is 13.5. The summed E-state index contributed by atoms with van der Waals surface area (Å²) in [4.78, 5) is 0. The second kappa shape index (κ2) is 6.48. The molecule has 0 saturated heterocycles.